The molecule has 0 aliphatic heterocycles. The van der Waals surface area contributed by atoms with Crippen LogP contribution in [0.2, 0.25) is 0 Å². The molecule has 1 atom stereocenters. The van der Waals surface area contributed by atoms with Gasteiger partial charge in [-0.25, -0.2) is 10.6 Å². The first-order chi connectivity index (χ1) is 14.0. The Morgan fingerprint density at radius 3 is 2.55 bits per heavy atom. The topological polar surface area (TPSA) is 55.6 Å². The first kappa shape index (κ1) is 21.3. The zero-order valence-electron chi connectivity index (χ0n) is 16.5. The van der Waals surface area contributed by atoms with Gasteiger partial charge in [0.2, 0.25) is 0 Å². The normalized spacial score (nSPS) is 15.6. The fourth-order valence-corrected chi connectivity index (χ4v) is 3.66. The van der Waals surface area contributed by atoms with Crippen molar-refractivity contribution in [2.45, 2.75) is 17.3 Å². The second-order valence-corrected chi connectivity index (χ2v) is 8.41. The molecular weight excluding hydrogens is 475 g/mol. The standard InChI is InChI=1S/C24H25IN2O2/c1-3-29-24(28)20-12-10-19(11-13-20)17(2)22-6-4-5-7-23(22)27(26)16-18-8-14-21(25)15-9-18/h4-14,21H,2-3,15-16,26H2,1H3. The summed E-state index contributed by atoms with van der Waals surface area (Å²) in [6.07, 6.45) is 7.62. The molecule has 0 amide bonds. The molecular formula is C24H25IN2O2. The van der Waals surface area contributed by atoms with Crippen LogP contribution in [0.25, 0.3) is 5.57 Å². The molecule has 0 bridgehead atoms. The van der Waals surface area contributed by atoms with Crippen molar-refractivity contribution in [1.29, 1.82) is 0 Å². The second-order valence-electron chi connectivity index (χ2n) is 6.81. The lowest BCUT2D eigenvalue weighted by Crippen LogP contribution is -2.33. The van der Waals surface area contributed by atoms with E-state index in [2.05, 4.69) is 47.4 Å². The number of benzene rings is 2. The predicted molar refractivity (Wildman–Crippen MR) is 128 cm³/mol. The molecule has 4 nitrogen and oxygen atoms in total. The molecule has 2 N–H and O–H groups in total. The SMILES string of the molecule is C=C(c1ccc(C(=O)OCC)cc1)c1ccccc1N(N)CC1=CCC(I)C=C1. The molecule has 29 heavy (non-hydrogen) atoms. The molecule has 150 valence electrons. The van der Waals surface area contributed by atoms with Crippen molar-refractivity contribution in [1.82, 2.24) is 0 Å². The van der Waals surface area contributed by atoms with Crippen LogP contribution < -0.4 is 10.9 Å². The molecule has 0 fully saturated rings. The smallest absolute Gasteiger partial charge is 0.338 e. The van der Waals surface area contributed by atoms with E-state index < -0.39 is 0 Å². The average molecular weight is 500 g/mol. The Balaban J connectivity index is 1.80. The molecule has 0 aromatic heterocycles. The van der Waals surface area contributed by atoms with E-state index in [4.69, 9.17) is 10.6 Å². The first-order valence-corrected chi connectivity index (χ1v) is 10.8. The van der Waals surface area contributed by atoms with E-state index in [-0.39, 0.29) is 5.97 Å². The van der Waals surface area contributed by atoms with Gasteiger partial charge < -0.3 is 9.75 Å². The van der Waals surface area contributed by atoms with Gasteiger partial charge in [-0.05, 0) is 48.3 Å². The molecule has 2 aromatic carbocycles. The fraction of sp³-hybridized carbons (Fsp3) is 0.208. The Labute approximate surface area is 185 Å². The van der Waals surface area contributed by atoms with E-state index in [9.17, 15) is 4.79 Å². The average Bonchev–Trinajstić information content (AvgIpc) is 2.75. The molecule has 1 aliphatic carbocycles. The van der Waals surface area contributed by atoms with Crippen molar-refractivity contribution in [2.24, 2.45) is 5.84 Å². The highest BCUT2D eigenvalue weighted by atomic mass is 127. The van der Waals surface area contributed by atoms with Crippen molar-refractivity contribution in [3.8, 4) is 0 Å². The number of ether oxygens (including phenoxy) is 1. The van der Waals surface area contributed by atoms with E-state index in [1.807, 2.05) is 36.4 Å². The molecule has 0 saturated carbocycles. The molecule has 2 aromatic rings. The Morgan fingerprint density at radius 2 is 1.90 bits per heavy atom. The van der Waals surface area contributed by atoms with Gasteiger partial charge in [-0.1, -0.05) is 77.7 Å². The molecule has 5 heteroatoms. The molecule has 1 aliphatic rings. The number of hydrogen-bond acceptors (Lipinski definition) is 4. The Kier molecular flexibility index (Phi) is 7.28. The molecule has 3 rings (SSSR count). The quantitative estimate of drug-likeness (QED) is 0.185. The van der Waals surface area contributed by atoms with Crippen LogP contribution in [0, 0.1) is 0 Å². The van der Waals surface area contributed by atoms with Crippen LogP contribution in [0.3, 0.4) is 0 Å². The first-order valence-electron chi connectivity index (χ1n) is 9.59. The zero-order valence-corrected chi connectivity index (χ0v) is 18.6. The largest absolute Gasteiger partial charge is 0.462 e. The molecule has 0 spiro atoms. The van der Waals surface area contributed by atoms with Crippen LogP contribution in [-0.4, -0.2) is 23.0 Å². The minimum atomic E-state index is -0.319. The van der Waals surface area contributed by atoms with E-state index in [0.29, 0.717) is 22.6 Å². The minimum absolute atomic E-state index is 0.319. The van der Waals surface area contributed by atoms with E-state index in [1.54, 1.807) is 24.1 Å². The third-order valence-electron chi connectivity index (χ3n) is 4.76. The maximum absolute atomic E-state index is 11.9. The molecule has 0 heterocycles. The van der Waals surface area contributed by atoms with E-state index >= 15 is 0 Å². The summed E-state index contributed by atoms with van der Waals surface area (Å²) >= 11 is 2.43. The lowest BCUT2D eigenvalue weighted by atomic mass is 9.96. The summed E-state index contributed by atoms with van der Waals surface area (Å²) in [4.78, 5) is 11.9. The number of esters is 1. The van der Waals surface area contributed by atoms with E-state index in [0.717, 1.165) is 28.8 Å². The Bertz CT molecular complexity index is 948. The van der Waals surface area contributed by atoms with Gasteiger partial charge in [0.1, 0.15) is 0 Å². The third kappa shape index (κ3) is 5.36. The van der Waals surface area contributed by atoms with Crippen molar-refractivity contribution in [3.63, 3.8) is 0 Å². The van der Waals surface area contributed by atoms with Crippen LogP contribution in [0.15, 0.2) is 78.9 Å². The van der Waals surface area contributed by atoms with Crippen molar-refractivity contribution < 1.29 is 9.53 Å². The highest BCUT2D eigenvalue weighted by molar-refractivity contribution is 14.1. The number of hydrazine groups is 1. The van der Waals surface area contributed by atoms with Crippen molar-refractivity contribution in [2.75, 3.05) is 18.2 Å². The molecule has 0 saturated heterocycles. The van der Waals surface area contributed by atoms with Crippen molar-refractivity contribution >= 4 is 39.8 Å². The van der Waals surface area contributed by atoms with Gasteiger partial charge in [0.25, 0.3) is 0 Å². The number of nitrogens with two attached hydrogens (primary N) is 1. The number of nitrogens with zero attached hydrogens (tertiary/aromatic N) is 1. The molecule has 0 radical (unpaired) electrons. The van der Waals surface area contributed by atoms with Crippen LogP contribution in [0.5, 0.6) is 0 Å². The van der Waals surface area contributed by atoms with E-state index in [1.165, 1.54) is 5.57 Å². The zero-order chi connectivity index (χ0) is 20.8. The van der Waals surface area contributed by atoms with Crippen LogP contribution in [0.1, 0.15) is 34.8 Å². The summed E-state index contributed by atoms with van der Waals surface area (Å²) in [6, 6.07) is 15.3. The number of carbonyl (C=O) groups excluding carboxylic acids is 1. The predicted octanol–water partition coefficient (Wildman–Crippen LogP) is 5.29. The Morgan fingerprint density at radius 1 is 1.21 bits per heavy atom. The summed E-state index contributed by atoms with van der Waals surface area (Å²) in [7, 11) is 0. The van der Waals surface area contributed by atoms with Gasteiger partial charge in [-0.15, -0.1) is 0 Å². The number of alkyl halides is 1. The lowest BCUT2D eigenvalue weighted by molar-refractivity contribution is 0.0526. The monoisotopic (exact) mass is 500 g/mol. The summed E-state index contributed by atoms with van der Waals surface area (Å²) in [5.74, 6) is 6.11. The lowest BCUT2D eigenvalue weighted by Gasteiger charge is -2.24. The summed E-state index contributed by atoms with van der Waals surface area (Å²) in [6.45, 7) is 7.06. The van der Waals surface area contributed by atoms with Gasteiger partial charge in [0.05, 0.1) is 24.4 Å². The maximum Gasteiger partial charge on any atom is 0.338 e. The number of anilines is 1. The van der Waals surface area contributed by atoms with Crippen molar-refractivity contribution in [3.05, 3.63) is 95.6 Å². The highest BCUT2D eigenvalue weighted by Gasteiger charge is 2.14. The highest BCUT2D eigenvalue weighted by Crippen LogP contribution is 2.30. The second kappa shape index (κ2) is 9.89. The summed E-state index contributed by atoms with van der Waals surface area (Å²) in [5.41, 5.74) is 5.40. The summed E-state index contributed by atoms with van der Waals surface area (Å²) < 4.78 is 5.59. The number of allylic oxidation sites excluding steroid dienone is 2. The Hall–Kier alpha value is -2.38. The van der Waals surface area contributed by atoms with Gasteiger partial charge in [-0.3, -0.25) is 0 Å². The number of halogens is 1. The number of carbonyl (C=O) groups is 1. The van der Waals surface area contributed by atoms with Crippen LogP contribution in [0.4, 0.5) is 5.69 Å². The minimum Gasteiger partial charge on any atom is -0.462 e. The number of rotatable bonds is 7. The third-order valence-corrected chi connectivity index (χ3v) is 5.68. The number of para-hydroxylation sites is 1. The van der Waals surface area contributed by atoms with Gasteiger partial charge >= 0.3 is 5.97 Å². The van der Waals surface area contributed by atoms with Gasteiger partial charge in [0.15, 0.2) is 0 Å². The number of hydrogen-bond donors (Lipinski definition) is 1. The summed E-state index contributed by atoms with van der Waals surface area (Å²) in [5, 5.41) is 1.76. The maximum atomic E-state index is 11.9. The fourth-order valence-electron chi connectivity index (χ4n) is 3.19. The van der Waals surface area contributed by atoms with Crippen LogP contribution in [-0.2, 0) is 4.74 Å². The van der Waals surface area contributed by atoms with Gasteiger partial charge in [-0.2, -0.15) is 0 Å². The van der Waals surface area contributed by atoms with Crippen LogP contribution >= 0.6 is 22.6 Å². The molecule has 1 unspecified atom stereocenters. The van der Waals surface area contributed by atoms with Gasteiger partial charge in [0, 0.05) is 9.49 Å².